The van der Waals surface area contributed by atoms with Crippen LogP contribution in [0.4, 0.5) is 13.2 Å². The Morgan fingerprint density at radius 2 is 1.81 bits per heavy atom. The third-order valence-electron chi connectivity index (χ3n) is 3.08. The fourth-order valence-corrected chi connectivity index (χ4v) is 1.70. The summed E-state index contributed by atoms with van der Waals surface area (Å²) in [5.74, 6) is 0.750. The van der Waals surface area contributed by atoms with Crippen LogP contribution in [0.1, 0.15) is 31.9 Å². The summed E-state index contributed by atoms with van der Waals surface area (Å²) in [5, 5.41) is 2.95. The molecule has 0 saturated carbocycles. The van der Waals surface area contributed by atoms with E-state index in [0.29, 0.717) is 6.61 Å². The van der Waals surface area contributed by atoms with Crippen LogP contribution in [-0.4, -0.2) is 32.5 Å². The first-order valence-corrected chi connectivity index (χ1v) is 6.96. The molecular weight excluding hydrogens is 283 g/mol. The summed E-state index contributed by atoms with van der Waals surface area (Å²) in [6.07, 6.45) is -5.19. The van der Waals surface area contributed by atoms with E-state index in [4.69, 9.17) is 9.47 Å². The monoisotopic (exact) mass is 305 g/mol. The predicted molar refractivity (Wildman–Crippen MR) is 75.5 cm³/mol. The van der Waals surface area contributed by atoms with E-state index in [0.717, 1.165) is 24.7 Å². The molecule has 0 heterocycles. The van der Waals surface area contributed by atoms with Crippen molar-refractivity contribution in [3.05, 3.63) is 29.8 Å². The van der Waals surface area contributed by atoms with Crippen LogP contribution in [0.5, 0.6) is 5.75 Å². The summed E-state index contributed by atoms with van der Waals surface area (Å²) in [6.45, 7) is 3.62. The van der Waals surface area contributed by atoms with Crippen molar-refractivity contribution in [1.29, 1.82) is 0 Å². The topological polar surface area (TPSA) is 30.5 Å². The third-order valence-corrected chi connectivity index (χ3v) is 3.08. The van der Waals surface area contributed by atoms with Gasteiger partial charge in [-0.05, 0) is 38.1 Å². The van der Waals surface area contributed by atoms with Gasteiger partial charge >= 0.3 is 6.18 Å². The van der Waals surface area contributed by atoms with Gasteiger partial charge in [0.2, 0.25) is 0 Å². The fraction of sp³-hybridized carbons (Fsp3) is 0.600. The molecule has 0 aliphatic heterocycles. The number of ether oxygens (including phenoxy) is 2. The van der Waals surface area contributed by atoms with Gasteiger partial charge in [-0.1, -0.05) is 19.1 Å². The van der Waals surface area contributed by atoms with Gasteiger partial charge in [-0.15, -0.1) is 0 Å². The van der Waals surface area contributed by atoms with Gasteiger partial charge in [0, 0.05) is 0 Å². The summed E-state index contributed by atoms with van der Waals surface area (Å²) in [7, 11) is 1.69. The van der Waals surface area contributed by atoms with Gasteiger partial charge in [-0.25, -0.2) is 0 Å². The SMILES string of the molecule is CCCOc1ccc(C(COC(C)C(F)(F)F)NC)cc1. The van der Waals surface area contributed by atoms with Crippen LogP contribution < -0.4 is 10.1 Å². The first-order chi connectivity index (χ1) is 9.88. The van der Waals surface area contributed by atoms with Crippen molar-refractivity contribution in [3.8, 4) is 5.75 Å². The summed E-state index contributed by atoms with van der Waals surface area (Å²) in [6, 6.07) is 6.97. The molecule has 1 N–H and O–H groups in total. The summed E-state index contributed by atoms with van der Waals surface area (Å²) in [4.78, 5) is 0. The number of hydrogen-bond donors (Lipinski definition) is 1. The van der Waals surface area contributed by atoms with E-state index < -0.39 is 12.3 Å². The molecule has 0 radical (unpaired) electrons. The Labute approximate surface area is 123 Å². The Morgan fingerprint density at radius 3 is 2.29 bits per heavy atom. The average molecular weight is 305 g/mol. The molecule has 120 valence electrons. The Kier molecular flexibility index (Phi) is 6.98. The van der Waals surface area contributed by atoms with E-state index in [2.05, 4.69) is 5.32 Å². The molecule has 0 amide bonds. The molecule has 1 aromatic carbocycles. The third kappa shape index (κ3) is 5.93. The van der Waals surface area contributed by atoms with Crippen molar-refractivity contribution in [3.63, 3.8) is 0 Å². The fourth-order valence-electron chi connectivity index (χ4n) is 1.70. The van der Waals surface area contributed by atoms with Crippen molar-refractivity contribution in [2.24, 2.45) is 0 Å². The summed E-state index contributed by atoms with van der Waals surface area (Å²) >= 11 is 0. The van der Waals surface area contributed by atoms with Crippen LogP contribution in [0.15, 0.2) is 24.3 Å². The highest BCUT2D eigenvalue weighted by atomic mass is 19.4. The van der Waals surface area contributed by atoms with Crippen LogP contribution in [0.3, 0.4) is 0 Å². The molecule has 21 heavy (non-hydrogen) atoms. The maximum absolute atomic E-state index is 12.4. The molecule has 1 aromatic rings. The van der Waals surface area contributed by atoms with Crippen molar-refractivity contribution in [2.45, 2.75) is 38.6 Å². The molecule has 3 nitrogen and oxygen atoms in total. The number of alkyl halides is 3. The molecular formula is C15H22F3NO2. The predicted octanol–water partition coefficient (Wildman–Crippen LogP) is 3.70. The van der Waals surface area contributed by atoms with E-state index in [1.807, 2.05) is 31.2 Å². The largest absolute Gasteiger partial charge is 0.494 e. The van der Waals surface area contributed by atoms with Crippen LogP contribution in [0, 0.1) is 0 Å². The van der Waals surface area contributed by atoms with E-state index in [1.165, 1.54) is 0 Å². The number of likely N-dealkylation sites (N-methyl/N-ethyl adjacent to an activating group) is 1. The van der Waals surface area contributed by atoms with E-state index >= 15 is 0 Å². The van der Waals surface area contributed by atoms with Gasteiger partial charge < -0.3 is 14.8 Å². The van der Waals surface area contributed by atoms with Gasteiger partial charge in [-0.3, -0.25) is 0 Å². The second-order valence-electron chi connectivity index (χ2n) is 4.78. The molecule has 0 saturated heterocycles. The van der Waals surface area contributed by atoms with Gasteiger partial charge in [0.15, 0.2) is 6.10 Å². The van der Waals surface area contributed by atoms with E-state index in [1.54, 1.807) is 7.05 Å². The Hall–Kier alpha value is -1.27. The summed E-state index contributed by atoms with van der Waals surface area (Å²) < 4.78 is 47.6. The van der Waals surface area contributed by atoms with Gasteiger partial charge in [0.25, 0.3) is 0 Å². The lowest BCUT2D eigenvalue weighted by molar-refractivity contribution is -0.215. The van der Waals surface area contributed by atoms with Gasteiger partial charge in [0.05, 0.1) is 19.3 Å². The smallest absolute Gasteiger partial charge is 0.414 e. The molecule has 0 fully saturated rings. The molecule has 6 heteroatoms. The zero-order chi connectivity index (χ0) is 15.9. The van der Waals surface area contributed by atoms with Crippen molar-refractivity contribution in [1.82, 2.24) is 5.32 Å². The molecule has 0 aromatic heterocycles. The van der Waals surface area contributed by atoms with E-state index in [9.17, 15) is 13.2 Å². The van der Waals surface area contributed by atoms with Crippen molar-refractivity contribution >= 4 is 0 Å². The molecule has 0 aliphatic rings. The second kappa shape index (κ2) is 8.24. The zero-order valence-electron chi connectivity index (χ0n) is 12.5. The minimum atomic E-state index is -4.34. The van der Waals surface area contributed by atoms with E-state index in [-0.39, 0.29) is 12.6 Å². The maximum atomic E-state index is 12.4. The number of nitrogens with one attached hydrogen (secondary N) is 1. The number of halogens is 3. The van der Waals surface area contributed by atoms with Crippen LogP contribution in [0.2, 0.25) is 0 Å². The maximum Gasteiger partial charge on any atom is 0.414 e. The number of hydrogen-bond acceptors (Lipinski definition) is 3. The minimum Gasteiger partial charge on any atom is -0.494 e. The normalized spacial score (nSPS) is 14.8. The molecule has 0 aliphatic carbocycles. The van der Waals surface area contributed by atoms with Crippen LogP contribution in [-0.2, 0) is 4.74 Å². The minimum absolute atomic E-state index is 0.0493. The van der Waals surface area contributed by atoms with Gasteiger partial charge in [-0.2, -0.15) is 13.2 Å². The lowest BCUT2D eigenvalue weighted by atomic mass is 10.1. The Balaban J connectivity index is 2.59. The van der Waals surface area contributed by atoms with Crippen molar-refractivity contribution < 1.29 is 22.6 Å². The number of benzene rings is 1. The highest BCUT2D eigenvalue weighted by Crippen LogP contribution is 2.24. The zero-order valence-corrected chi connectivity index (χ0v) is 12.5. The molecule has 0 spiro atoms. The van der Waals surface area contributed by atoms with Gasteiger partial charge in [0.1, 0.15) is 5.75 Å². The second-order valence-corrected chi connectivity index (χ2v) is 4.78. The highest BCUT2D eigenvalue weighted by molar-refractivity contribution is 5.29. The first-order valence-electron chi connectivity index (χ1n) is 6.96. The molecule has 0 bridgehead atoms. The average Bonchev–Trinajstić information content (AvgIpc) is 2.45. The van der Waals surface area contributed by atoms with Crippen LogP contribution >= 0.6 is 0 Å². The lowest BCUT2D eigenvalue weighted by Gasteiger charge is -2.21. The van der Waals surface area contributed by atoms with Crippen LogP contribution in [0.25, 0.3) is 0 Å². The van der Waals surface area contributed by atoms with Crippen molar-refractivity contribution in [2.75, 3.05) is 20.3 Å². The standard InChI is InChI=1S/C15H22F3NO2/c1-4-9-20-13-7-5-12(6-8-13)14(19-3)10-21-11(2)15(16,17)18/h5-8,11,14,19H,4,9-10H2,1-3H3. The Bertz CT molecular complexity index is 406. The molecule has 2 atom stereocenters. The highest BCUT2D eigenvalue weighted by Gasteiger charge is 2.37. The quantitative estimate of drug-likeness (QED) is 0.794. The Morgan fingerprint density at radius 1 is 1.19 bits per heavy atom. The summed E-state index contributed by atoms with van der Waals surface area (Å²) in [5.41, 5.74) is 0.857. The number of rotatable bonds is 8. The molecule has 1 rings (SSSR count). The lowest BCUT2D eigenvalue weighted by Crippen LogP contribution is -2.32. The first kappa shape index (κ1) is 17.8. The molecule has 2 unspecified atom stereocenters.